The van der Waals surface area contributed by atoms with Gasteiger partial charge in [0, 0.05) is 28.9 Å². The Morgan fingerprint density at radius 1 is 1.08 bits per heavy atom. The summed E-state index contributed by atoms with van der Waals surface area (Å²) >= 11 is 0. The third kappa shape index (κ3) is 2.46. The van der Waals surface area contributed by atoms with Gasteiger partial charge in [-0.05, 0) is 32.0 Å². The van der Waals surface area contributed by atoms with Crippen LogP contribution in [0.25, 0.3) is 16.5 Å². The summed E-state index contributed by atoms with van der Waals surface area (Å²) in [6.07, 6.45) is 0. The highest BCUT2D eigenvalue weighted by Gasteiger charge is 2.18. The molecular weight excluding hydrogens is 308 g/mol. The van der Waals surface area contributed by atoms with Gasteiger partial charge in [0.25, 0.3) is 0 Å². The second-order valence-corrected chi connectivity index (χ2v) is 5.57. The second kappa shape index (κ2) is 6.09. The predicted octanol–water partition coefficient (Wildman–Crippen LogP) is 2.02. The number of fused-ring (bicyclic) bond motifs is 1. The molecule has 1 atom stereocenters. The minimum atomic E-state index is -0.989. The Morgan fingerprint density at radius 2 is 1.75 bits per heavy atom. The van der Waals surface area contributed by atoms with Crippen molar-refractivity contribution in [3.8, 4) is 11.4 Å². The van der Waals surface area contributed by atoms with Crippen molar-refractivity contribution < 1.29 is 15.2 Å². The number of methoxy groups -OCH3 is 1. The molecule has 2 N–H and O–H groups in total. The molecule has 0 spiro atoms. The van der Waals surface area contributed by atoms with Crippen LogP contribution in [-0.4, -0.2) is 16.9 Å². The summed E-state index contributed by atoms with van der Waals surface area (Å²) in [5, 5.41) is 20.8. The van der Waals surface area contributed by atoms with E-state index in [0.29, 0.717) is 16.8 Å². The zero-order valence-corrected chi connectivity index (χ0v) is 13.7. The third-order valence-corrected chi connectivity index (χ3v) is 4.20. The van der Waals surface area contributed by atoms with Gasteiger partial charge in [0.1, 0.15) is 5.75 Å². The maximum atomic E-state index is 12.5. The SMILES string of the molecule is COc1cccc(=O)c2c(C)n(-c3cccc([NH+]([O-])O)c3)c(C)c12. The number of aryl methyl sites for hydroxylation is 2. The predicted molar refractivity (Wildman–Crippen MR) is 91.3 cm³/mol. The van der Waals surface area contributed by atoms with Crippen LogP contribution in [0.5, 0.6) is 5.75 Å². The molecule has 0 fully saturated rings. The van der Waals surface area contributed by atoms with Crippen molar-refractivity contribution >= 4 is 16.5 Å². The van der Waals surface area contributed by atoms with E-state index in [0.717, 1.165) is 16.8 Å². The molecule has 0 saturated carbocycles. The fourth-order valence-corrected chi connectivity index (χ4v) is 3.16. The molecule has 6 heteroatoms. The lowest BCUT2D eigenvalue weighted by molar-refractivity contribution is -0.991. The van der Waals surface area contributed by atoms with E-state index in [9.17, 15) is 15.2 Å². The highest BCUT2D eigenvalue weighted by molar-refractivity contribution is 5.93. The van der Waals surface area contributed by atoms with Gasteiger partial charge in [0.15, 0.2) is 11.1 Å². The smallest absolute Gasteiger partial charge is 0.188 e. The molecule has 124 valence electrons. The quantitative estimate of drug-likeness (QED) is 0.722. The van der Waals surface area contributed by atoms with Crippen molar-refractivity contribution in [3.05, 3.63) is 69.3 Å². The Labute approximate surface area is 138 Å². The standard InChI is InChI=1S/C18H18N2O4/c1-11-17-15(21)8-5-9-16(24-3)18(17)12(2)19(11)13-6-4-7-14(10-13)20(22)23/h4-10,20,22H,1-3H3. The van der Waals surface area contributed by atoms with Crippen LogP contribution >= 0.6 is 0 Å². The Balaban J connectivity index is 2.42. The van der Waals surface area contributed by atoms with Crippen molar-refractivity contribution in [2.75, 3.05) is 7.11 Å². The lowest BCUT2D eigenvalue weighted by Gasteiger charge is -2.14. The van der Waals surface area contributed by atoms with Crippen molar-refractivity contribution in [2.24, 2.45) is 0 Å². The average Bonchev–Trinajstić information content (AvgIpc) is 2.71. The molecule has 0 aliphatic rings. The lowest BCUT2D eigenvalue weighted by atomic mass is 10.2. The first kappa shape index (κ1) is 16.2. The maximum Gasteiger partial charge on any atom is 0.188 e. The van der Waals surface area contributed by atoms with E-state index in [-0.39, 0.29) is 11.1 Å². The van der Waals surface area contributed by atoms with Crippen molar-refractivity contribution in [2.45, 2.75) is 13.8 Å². The molecule has 0 aliphatic carbocycles. The van der Waals surface area contributed by atoms with Crippen LogP contribution in [0.15, 0.2) is 47.3 Å². The molecular formula is C18H18N2O4. The van der Waals surface area contributed by atoms with E-state index < -0.39 is 5.23 Å². The first-order chi connectivity index (χ1) is 11.5. The summed E-state index contributed by atoms with van der Waals surface area (Å²) in [6.45, 7) is 3.74. The molecule has 0 aliphatic heterocycles. The number of hydrogen-bond acceptors (Lipinski definition) is 4. The second-order valence-electron chi connectivity index (χ2n) is 5.57. The van der Waals surface area contributed by atoms with E-state index in [2.05, 4.69) is 0 Å². The minimum Gasteiger partial charge on any atom is -0.595 e. The summed E-state index contributed by atoms with van der Waals surface area (Å²) < 4.78 is 7.33. The highest BCUT2D eigenvalue weighted by Crippen LogP contribution is 2.32. The first-order valence-corrected chi connectivity index (χ1v) is 7.48. The van der Waals surface area contributed by atoms with Gasteiger partial charge < -0.3 is 14.5 Å². The van der Waals surface area contributed by atoms with E-state index in [1.807, 2.05) is 24.5 Å². The van der Waals surface area contributed by atoms with Gasteiger partial charge >= 0.3 is 0 Å². The fraction of sp³-hybridized carbons (Fsp3) is 0.167. The molecule has 1 aromatic heterocycles. The van der Waals surface area contributed by atoms with Gasteiger partial charge in [0.2, 0.25) is 0 Å². The number of quaternary nitrogens is 1. The Hall–Kier alpha value is -2.67. The zero-order valence-electron chi connectivity index (χ0n) is 13.7. The molecule has 0 radical (unpaired) electrons. The van der Waals surface area contributed by atoms with Crippen molar-refractivity contribution in [1.29, 1.82) is 0 Å². The van der Waals surface area contributed by atoms with E-state index in [4.69, 9.17) is 4.74 Å². The maximum absolute atomic E-state index is 12.5. The number of aromatic nitrogens is 1. The third-order valence-electron chi connectivity index (χ3n) is 4.20. The first-order valence-electron chi connectivity index (χ1n) is 7.48. The molecule has 3 rings (SSSR count). The summed E-state index contributed by atoms with van der Waals surface area (Å²) in [6, 6.07) is 11.6. The number of nitrogens with zero attached hydrogens (tertiary/aromatic N) is 1. The average molecular weight is 326 g/mol. The van der Waals surface area contributed by atoms with Crippen LogP contribution in [0.2, 0.25) is 0 Å². The fourth-order valence-electron chi connectivity index (χ4n) is 3.16. The topological polar surface area (TPSA) is 79.0 Å². The molecule has 1 heterocycles. The van der Waals surface area contributed by atoms with Crippen LogP contribution in [0.4, 0.5) is 5.69 Å². The summed E-state index contributed by atoms with van der Waals surface area (Å²) in [7, 11) is 1.57. The van der Waals surface area contributed by atoms with Crippen LogP contribution in [0.3, 0.4) is 0 Å². The lowest BCUT2D eigenvalue weighted by Crippen LogP contribution is -2.99. The minimum absolute atomic E-state index is 0.0953. The van der Waals surface area contributed by atoms with Gasteiger partial charge in [0.05, 0.1) is 18.2 Å². The summed E-state index contributed by atoms with van der Waals surface area (Å²) in [5.41, 5.74) is 2.39. The normalized spacial score (nSPS) is 12.4. The number of rotatable bonds is 3. The number of ether oxygens (including phenoxy) is 1. The molecule has 3 aromatic rings. The summed E-state index contributed by atoms with van der Waals surface area (Å²) in [4.78, 5) is 12.5. The van der Waals surface area contributed by atoms with Gasteiger partial charge in [-0.25, -0.2) is 5.21 Å². The highest BCUT2D eigenvalue weighted by atomic mass is 16.8. The number of hydrogen-bond donors (Lipinski definition) is 2. The number of nitrogens with one attached hydrogen (secondary N) is 1. The molecule has 2 aromatic carbocycles. The molecule has 0 saturated heterocycles. The van der Waals surface area contributed by atoms with E-state index >= 15 is 0 Å². The van der Waals surface area contributed by atoms with Gasteiger partial charge in [-0.3, -0.25) is 4.79 Å². The van der Waals surface area contributed by atoms with Gasteiger partial charge in [-0.2, -0.15) is 5.23 Å². The van der Waals surface area contributed by atoms with Crippen molar-refractivity contribution in [1.82, 2.24) is 4.57 Å². The van der Waals surface area contributed by atoms with Crippen LogP contribution in [0, 0.1) is 19.1 Å². The Kier molecular flexibility index (Phi) is 4.11. The largest absolute Gasteiger partial charge is 0.595 e. The number of benzene rings is 1. The Morgan fingerprint density at radius 3 is 2.42 bits per heavy atom. The summed E-state index contributed by atoms with van der Waals surface area (Å²) in [5.74, 6) is 0.612. The molecule has 24 heavy (non-hydrogen) atoms. The van der Waals surface area contributed by atoms with Gasteiger partial charge in [-0.15, -0.1) is 0 Å². The monoisotopic (exact) mass is 326 g/mol. The Bertz CT molecular complexity index is 977. The molecule has 6 nitrogen and oxygen atoms in total. The molecule has 0 bridgehead atoms. The van der Waals surface area contributed by atoms with E-state index in [1.165, 1.54) is 6.07 Å². The molecule has 1 unspecified atom stereocenters. The van der Waals surface area contributed by atoms with Crippen LogP contribution in [0.1, 0.15) is 11.4 Å². The van der Waals surface area contributed by atoms with E-state index in [1.54, 1.807) is 37.4 Å². The molecule has 0 amide bonds. The van der Waals surface area contributed by atoms with Gasteiger partial charge in [-0.1, -0.05) is 12.1 Å². The van der Waals surface area contributed by atoms with Crippen molar-refractivity contribution in [3.63, 3.8) is 0 Å². The zero-order chi connectivity index (χ0) is 17.4. The van der Waals surface area contributed by atoms with Crippen LogP contribution < -0.4 is 15.4 Å². The van der Waals surface area contributed by atoms with Crippen LogP contribution in [-0.2, 0) is 0 Å².